The van der Waals surface area contributed by atoms with E-state index < -0.39 is 0 Å². The van der Waals surface area contributed by atoms with Crippen LogP contribution in [0.2, 0.25) is 10.0 Å². The molecule has 0 spiro atoms. The monoisotopic (exact) mass is 488 g/mol. The van der Waals surface area contributed by atoms with Crippen molar-refractivity contribution in [2.24, 2.45) is 5.92 Å². The normalized spacial score (nSPS) is 14.6. The van der Waals surface area contributed by atoms with Gasteiger partial charge in [0.05, 0.1) is 33.6 Å². The minimum atomic E-state index is -0.162. The van der Waals surface area contributed by atoms with E-state index in [9.17, 15) is 9.59 Å². The van der Waals surface area contributed by atoms with Gasteiger partial charge in [-0.05, 0) is 43.5 Å². The molecule has 9 heteroatoms. The zero-order chi connectivity index (χ0) is 23.4. The number of amides is 1. The van der Waals surface area contributed by atoms with Crippen LogP contribution in [0, 0.1) is 5.92 Å². The minimum absolute atomic E-state index is 0.0616. The smallest absolute Gasteiger partial charge is 0.309 e. The number of hydrogen-bond acceptors (Lipinski definition) is 5. The average Bonchev–Trinajstić information content (AvgIpc) is 3.14. The highest BCUT2D eigenvalue weighted by Crippen LogP contribution is 2.29. The lowest BCUT2D eigenvalue weighted by Gasteiger charge is -2.31. The number of carbonyl (C=O) groups is 2. The van der Waals surface area contributed by atoms with Gasteiger partial charge in [0.15, 0.2) is 0 Å². The van der Waals surface area contributed by atoms with Gasteiger partial charge in [0.2, 0.25) is 5.91 Å². The second kappa shape index (κ2) is 10.5. The number of piperidine rings is 1. The Bertz CT molecular complexity index is 1140. The van der Waals surface area contributed by atoms with E-state index in [4.69, 9.17) is 32.9 Å². The molecule has 1 aliphatic rings. The molecule has 7 nitrogen and oxygen atoms in total. The van der Waals surface area contributed by atoms with Crippen molar-refractivity contribution in [3.05, 3.63) is 58.1 Å². The van der Waals surface area contributed by atoms with Crippen LogP contribution in [0.4, 0.5) is 0 Å². The molecule has 1 fully saturated rings. The Kier molecular flexibility index (Phi) is 7.50. The number of aryl methyl sites for hydroxylation is 1. The van der Waals surface area contributed by atoms with Crippen LogP contribution in [-0.2, 0) is 27.3 Å². The fourth-order valence-electron chi connectivity index (χ4n) is 4.23. The lowest BCUT2D eigenvalue weighted by molar-refractivity contribution is -0.151. The van der Waals surface area contributed by atoms with E-state index in [1.807, 2.05) is 27.8 Å². The summed E-state index contributed by atoms with van der Waals surface area (Å²) >= 11 is 12.5. The molecule has 0 saturated carbocycles. The Morgan fingerprint density at radius 3 is 2.64 bits per heavy atom. The molecule has 1 saturated heterocycles. The largest absolute Gasteiger partial charge is 0.466 e. The Labute approximate surface area is 202 Å². The molecule has 0 radical (unpaired) electrons. The predicted octanol–water partition coefficient (Wildman–Crippen LogP) is 4.52. The fourth-order valence-corrected chi connectivity index (χ4v) is 4.55. The van der Waals surface area contributed by atoms with Gasteiger partial charge in [0.1, 0.15) is 5.82 Å². The SMILES string of the molecule is CCOC(=O)C1CCN(C(=O)CCn2c(Cc3cccnc3)nc3cc(Cl)c(Cl)cc32)CC1. The molecule has 0 atom stereocenters. The van der Waals surface area contributed by atoms with Gasteiger partial charge in [-0.3, -0.25) is 14.6 Å². The first-order valence-electron chi connectivity index (χ1n) is 11.1. The standard InChI is InChI=1S/C24H26Cl2N4O3/c1-2-33-24(32)17-5-9-29(10-6-17)23(31)7-11-30-21-14-19(26)18(25)13-20(21)28-22(30)12-16-4-3-8-27-15-16/h3-4,8,13-15,17H,2,5-7,9-12H2,1H3. The second-order valence-electron chi connectivity index (χ2n) is 8.13. The third-order valence-corrected chi connectivity index (χ3v) is 6.69. The summed E-state index contributed by atoms with van der Waals surface area (Å²) in [6.07, 6.45) is 5.73. The van der Waals surface area contributed by atoms with Crippen LogP contribution in [0.25, 0.3) is 11.0 Å². The number of hydrogen-bond donors (Lipinski definition) is 0. The zero-order valence-corrected chi connectivity index (χ0v) is 20.0. The molecule has 0 aliphatic carbocycles. The predicted molar refractivity (Wildman–Crippen MR) is 127 cm³/mol. The molecule has 4 rings (SSSR count). The van der Waals surface area contributed by atoms with E-state index in [1.165, 1.54) is 0 Å². The number of pyridine rings is 1. The molecule has 33 heavy (non-hydrogen) atoms. The number of likely N-dealkylation sites (tertiary alicyclic amines) is 1. The van der Waals surface area contributed by atoms with Crippen molar-refractivity contribution in [2.75, 3.05) is 19.7 Å². The van der Waals surface area contributed by atoms with Crippen molar-refractivity contribution in [1.29, 1.82) is 0 Å². The summed E-state index contributed by atoms with van der Waals surface area (Å²) < 4.78 is 7.15. The molecule has 3 heterocycles. The maximum Gasteiger partial charge on any atom is 0.309 e. The fraction of sp³-hybridized carbons (Fsp3) is 0.417. The first-order chi connectivity index (χ1) is 16.0. The summed E-state index contributed by atoms with van der Waals surface area (Å²) in [4.78, 5) is 35.7. The highest BCUT2D eigenvalue weighted by molar-refractivity contribution is 6.42. The average molecular weight is 489 g/mol. The van der Waals surface area contributed by atoms with Gasteiger partial charge >= 0.3 is 5.97 Å². The molecule has 3 aromatic rings. The minimum Gasteiger partial charge on any atom is -0.466 e. The van der Waals surface area contributed by atoms with Gasteiger partial charge in [-0.2, -0.15) is 0 Å². The quantitative estimate of drug-likeness (QED) is 0.456. The van der Waals surface area contributed by atoms with Crippen molar-refractivity contribution in [2.45, 2.75) is 39.2 Å². The van der Waals surface area contributed by atoms with E-state index in [-0.39, 0.29) is 17.8 Å². The van der Waals surface area contributed by atoms with E-state index in [2.05, 4.69) is 4.98 Å². The molecule has 1 amide bonds. The zero-order valence-electron chi connectivity index (χ0n) is 18.5. The summed E-state index contributed by atoms with van der Waals surface area (Å²) in [5.74, 6) is 0.603. The molecule has 0 N–H and O–H groups in total. The number of carbonyl (C=O) groups excluding carboxylic acids is 2. The van der Waals surface area contributed by atoms with Crippen molar-refractivity contribution in [3.63, 3.8) is 0 Å². The lowest BCUT2D eigenvalue weighted by Crippen LogP contribution is -2.41. The number of rotatable bonds is 7. The molecular weight excluding hydrogens is 463 g/mol. The van der Waals surface area contributed by atoms with Gasteiger partial charge in [0, 0.05) is 44.9 Å². The van der Waals surface area contributed by atoms with Crippen molar-refractivity contribution in [1.82, 2.24) is 19.4 Å². The first-order valence-corrected chi connectivity index (χ1v) is 11.9. The van der Waals surface area contributed by atoms with Gasteiger partial charge in [-0.15, -0.1) is 0 Å². The molecule has 0 unspecified atom stereocenters. The summed E-state index contributed by atoms with van der Waals surface area (Å²) in [6.45, 7) is 3.79. The number of fused-ring (bicyclic) bond motifs is 1. The van der Waals surface area contributed by atoms with Crippen LogP contribution < -0.4 is 0 Å². The second-order valence-corrected chi connectivity index (χ2v) is 8.94. The van der Waals surface area contributed by atoms with Gasteiger partial charge in [-0.25, -0.2) is 4.98 Å². The summed E-state index contributed by atoms with van der Waals surface area (Å²) in [6, 6.07) is 7.44. The maximum absolute atomic E-state index is 12.9. The third-order valence-electron chi connectivity index (χ3n) is 5.97. The molecule has 2 aromatic heterocycles. The van der Waals surface area contributed by atoms with Gasteiger partial charge in [-0.1, -0.05) is 29.3 Å². The number of ether oxygens (including phenoxy) is 1. The summed E-state index contributed by atoms with van der Waals surface area (Å²) in [5, 5.41) is 0.896. The number of esters is 1. The summed E-state index contributed by atoms with van der Waals surface area (Å²) in [5.41, 5.74) is 2.61. The van der Waals surface area contributed by atoms with Crippen LogP contribution >= 0.6 is 23.2 Å². The Hall–Kier alpha value is -2.64. The van der Waals surface area contributed by atoms with Crippen molar-refractivity contribution in [3.8, 4) is 0 Å². The van der Waals surface area contributed by atoms with E-state index in [0.717, 1.165) is 22.4 Å². The molecule has 174 valence electrons. The number of aromatic nitrogens is 3. The van der Waals surface area contributed by atoms with Crippen LogP contribution in [0.3, 0.4) is 0 Å². The number of halogens is 2. The number of imidazole rings is 1. The van der Waals surface area contributed by atoms with Crippen LogP contribution in [0.5, 0.6) is 0 Å². The van der Waals surface area contributed by atoms with Crippen molar-refractivity contribution < 1.29 is 14.3 Å². The number of benzene rings is 1. The molecule has 1 aromatic carbocycles. The van der Waals surface area contributed by atoms with Crippen LogP contribution in [0.1, 0.15) is 37.6 Å². The van der Waals surface area contributed by atoms with Gasteiger partial charge in [0.25, 0.3) is 0 Å². The number of nitrogens with zero attached hydrogens (tertiary/aromatic N) is 4. The molecule has 1 aliphatic heterocycles. The first kappa shape index (κ1) is 23.5. The molecule has 0 bridgehead atoms. The van der Waals surface area contributed by atoms with Gasteiger partial charge < -0.3 is 14.2 Å². The van der Waals surface area contributed by atoms with Crippen LogP contribution in [-0.4, -0.2) is 51.0 Å². The third kappa shape index (κ3) is 5.47. The highest BCUT2D eigenvalue weighted by Gasteiger charge is 2.28. The molecular formula is C24H26Cl2N4O3. The van der Waals surface area contributed by atoms with Crippen LogP contribution in [0.15, 0.2) is 36.7 Å². The van der Waals surface area contributed by atoms with E-state index in [0.29, 0.717) is 62.0 Å². The Balaban J connectivity index is 1.48. The maximum atomic E-state index is 12.9. The Morgan fingerprint density at radius 2 is 1.94 bits per heavy atom. The van der Waals surface area contributed by atoms with E-state index in [1.54, 1.807) is 25.3 Å². The Morgan fingerprint density at radius 1 is 1.18 bits per heavy atom. The van der Waals surface area contributed by atoms with Crippen molar-refractivity contribution >= 4 is 46.1 Å². The topological polar surface area (TPSA) is 77.3 Å². The van der Waals surface area contributed by atoms with E-state index >= 15 is 0 Å². The summed E-state index contributed by atoms with van der Waals surface area (Å²) in [7, 11) is 0. The lowest BCUT2D eigenvalue weighted by atomic mass is 9.97. The highest BCUT2D eigenvalue weighted by atomic mass is 35.5.